The maximum atomic E-state index is 15.0. The lowest BCUT2D eigenvalue weighted by Gasteiger charge is -2.43. The highest BCUT2D eigenvalue weighted by Gasteiger charge is 2.35. The minimum Gasteiger partial charge on any atom is -0.493 e. The van der Waals surface area contributed by atoms with Gasteiger partial charge in [0, 0.05) is 50.8 Å². The van der Waals surface area contributed by atoms with Gasteiger partial charge in [-0.05, 0) is 18.2 Å². The Labute approximate surface area is 271 Å². The summed E-state index contributed by atoms with van der Waals surface area (Å²) in [6.45, 7) is 8.53. The maximum absolute atomic E-state index is 15.0. The number of ether oxygens (including phenoxy) is 3. The van der Waals surface area contributed by atoms with Gasteiger partial charge in [0.2, 0.25) is 5.95 Å². The molecular weight excluding hydrogens is 609 g/mol. The van der Waals surface area contributed by atoms with Crippen LogP contribution in [-0.2, 0) is 9.53 Å². The largest absolute Gasteiger partial charge is 0.493 e. The van der Waals surface area contributed by atoms with Gasteiger partial charge in [0.05, 0.1) is 50.4 Å². The number of aliphatic hydroxyl groups is 1. The molecule has 0 unspecified atom stereocenters. The molecule has 0 spiro atoms. The summed E-state index contributed by atoms with van der Waals surface area (Å²) in [7, 11) is 1.61. The van der Waals surface area contributed by atoms with Crippen molar-refractivity contribution in [2.75, 3.05) is 69.8 Å². The predicted octanol–water partition coefficient (Wildman–Crippen LogP) is 1.94. The lowest BCUT2D eigenvalue weighted by molar-refractivity contribution is -0.141. The van der Waals surface area contributed by atoms with Gasteiger partial charge in [-0.2, -0.15) is 10.2 Å². The standard InChI is InChI=1S/C32H36FN9O5/c1-3-25(43)31(44)42-7-6-27(24(33)16-42)47-26-5-4-20(12-21(26)14-34)29-36-19-37-32(39-29)38-22-13-28(45-2)30(35-15-22)41-10-8-40(9-11-41)23-17-46-18-23/h3-5,12-13,15,19,23-25,27,43H,1,6-11,16-18H2,2H3,(H,36,37,38,39)/t24-,25+,27+/m1/s1. The lowest BCUT2D eigenvalue weighted by Crippen LogP contribution is -2.56. The molecule has 0 saturated carbocycles. The number of rotatable bonds is 10. The Hall–Kier alpha value is -4.91. The number of aromatic nitrogens is 4. The summed E-state index contributed by atoms with van der Waals surface area (Å²) in [5.41, 5.74) is 1.34. The van der Waals surface area contributed by atoms with E-state index in [0.29, 0.717) is 28.9 Å². The molecule has 0 radical (unpaired) electrons. The molecule has 0 aliphatic carbocycles. The Morgan fingerprint density at radius 2 is 2.00 bits per heavy atom. The number of aliphatic hydroxyl groups excluding tert-OH is 1. The van der Waals surface area contributed by atoms with Crippen LogP contribution in [0.15, 0.2) is 49.4 Å². The summed E-state index contributed by atoms with van der Waals surface area (Å²) < 4.78 is 31.9. The Morgan fingerprint density at radius 3 is 2.68 bits per heavy atom. The smallest absolute Gasteiger partial charge is 0.255 e. The zero-order valence-corrected chi connectivity index (χ0v) is 26.0. The van der Waals surface area contributed by atoms with Crippen LogP contribution in [-0.4, -0.2) is 125 Å². The van der Waals surface area contributed by atoms with E-state index < -0.39 is 24.3 Å². The zero-order valence-electron chi connectivity index (χ0n) is 26.0. The molecule has 3 fully saturated rings. The van der Waals surface area contributed by atoms with Gasteiger partial charge >= 0.3 is 0 Å². The van der Waals surface area contributed by atoms with Crippen molar-refractivity contribution in [1.29, 1.82) is 5.26 Å². The van der Waals surface area contributed by atoms with E-state index in [1.807, 2.05) is 6.07 Å². The monoisotopic (exact) mass is 645 g/mol. The molecule has 6 rings (SSSR count). The Morgan fingerprint density at radius 1 is 1.19 bits per heavy atom. The van der Waals surface area contributed by atoms with E-state index in [2.05, 4.69) is 47.7 Å². The first-order chi connectivity index (χ1) is 22.9. The average molecular weight is 646 g/mol. The number of halogens is 1. The fraction of sp³-hybridized carbons (Fsp3) is 0.438. The van der Waals surface area contributed by atoms with Gasteiger partial charge in [0.15, 0.2) is 29.7 Å². The molecule has 3 aliphatic heterocycles. The number of alkyl halides is 1. The first-order valence-electron chi connectivity index (χ1n) is 15.4. The molecule has 14 nitrogen and oxygen atoms in total. The number of hydrogen-bond donors (Lipinski definition) is 2. The quantitative estimate of drug-likeness (QED) is 0.308. The second kappa shape index (κ2) is 14.2. The number of piperidine rings is 1. The number of amides is 1. The van der Waals surface area contributed by atoms with Gasteiger partial charge in [-0.15, -0.1) is 0 Å². The number of nitrogens with zero attached hydrogens (tertiary/aromatic N) is 8. The van der Waals surface area contributed by atoms with E-state index in [-0.39, 0.29) is 36.8 Å². The van der Waals surface area contributed by atoms with Crippen LogP contribution in [0.1, 0.15) is 12.0 Å². The van der Waals surface area contributed by atoms with Crippen molar-refractivity contribution in [2.45, 2.75) is 30.8 Å². The number of hydrogen-bond acceptors (Lipinski definition) is 13. The van der Waals surface area contributed by atoms with Crippen molar-refractivity contribution in [2.24, 2.45) is 0 Å². The minimum absolute atomic E-state index is 0.177. The molecule has 3 saturated heterocycles. The molecule has 1 aromatic carbocycles. The second-order valence-corrected chi connectivity index (χ2v) is 11.5. The molecule has 15 heteroatoms. The van der Waals surface area contributed by atoms with E-state index in [4.69, 9.17) is 14.2 Å². The van der Waals surface area contributed by atoms with Crippen molar-refractivity contribution < 1.29 is 28.5 Å². The maximum Gasteiger partial charge on any atom is 0.255 e. The summed E-state index contributed by atoms with van der Waals surface area (Å²) in [5, 5.41) is 22.7. The van der Waals surface area contributed by atoms with Crippen LogP contribution in [0.25, 0.3) is 11.4 Å². The van der Waals surface area contributed by atoms with E-state index in [0.717, 1.165) is 51.3 Å². The molecule has 2 N–H and O–H groups in total. The molecule has 0 bridgehead atoms. The average Bonchev–Trinajstić information content (AvgIpc) is 3.08. The van der Waals surface area contributed by atoms with Crippen molar-refractivity contribution in [3.05, 3.63) is 55.0 Å². The van der Waals surface area contributed by atoms with Crippen LogP contribution in [0.3, 0.4) is 0 Å². The number of anilines is 3. The fourth-order valence-electron chi connectivity index (χ4n) is 5.78. The van der Waals surface area contributed by atoms with E-state index in [9.17, 15) is 19.6 Å². The van der Waals surface area contributed by atoms with Gasteiger partial charge in [-0.25, -0.2) is 19.3 Å². The van der Waals surface area contributed by atoms with Crippen LogP contribution in [0, 0.1) is 11.3 Å². The van der Waals surface area contributed by atoms with Crippen LogP contribution in [0.2, 0.25) is 0 Å². The number of likely N-dealkylation sites (tertiary alicyclic amines) is 1. The van der Waals surface area contributed by atoms with E-state index >= 15 is 0 Å². The predicted molar refractivity (Wildman–Crippen MR) is 169 cm³/mol. The molecular formula is C32H36FN9O5. The third-order valence-electron chi connectivity index (χ3n) is 8.54. The van der Waals surface area contributed by atoms with Crippen LogP contribution < -0.4 is 19.7 Å². The molecule has 3 aliphatic rings. The molecule has 246 valence electrons. The summed E-state index contributed by atoms with van der Waals surface area (Å²) in [6.07, 6.45) is 0.605. The number of benzene rings is 1. The minimum atomic E-state index is -1.51. The highest BCUT2D eigenvalue weighted by atomic mass is 19.1. The van der Waals surface area contributed by atoms with Gasteiger partial charge in [-0.1, -0.05) is 12.7 Å². The normalized spacial score (nSPS) is 20.9. The summed E-state index contributed by atoms with van der Waals surface area (Å²) in [6, 6.07) is 9.27. The Bertz CT molecular complexity index is 1640. The zero-order chi connectivity index (χ0) is 32.9. The van der Waals surface area contributed by atoms with Crippen molar-refractivity contribution >= 4 is 23.4 Å². The lowest BCUT2D eigenvalue weighted by atomic mass is 10.0. The number of nitrogens with one attached hydrogen (secondary N) is 1. The third-order valence-corrected chi connectivity index (χ3v) is 8.54. The fourth-order valence-corrected chi connectivity index (χ4v) is 5.78. The van der Waals surface area contributed by atoms with Crippen molar-refractivity contribution in [3.8, 4) is 29.0 Å². The highest BCUT2D eigenvalue weighted by Crippen LogP contribution is 2.32. The molecule has 2 aromatic heterocycles. The van der Waals surface area contributed by atoms with Crippen LogP contribution in [0.4, 0.5) is 21.8 Å². The number of methoxy groups -OCH3 is 1. The number of piperazine rings is 1. The molecule has 47 heavy (non-hydrogen) atoms. The molecule has 5 heterocycles. The Balaban J connectivity index is 1.10. The first kappa shape index (κ1) is 32.0. The van der Waals surface area contributed by atoms with Gasteiger partial charge < -0.3 is 34.4 Å². The summed E-state index contributed by atoms with van der Waals surface area (Å²) in [4.78, 5) is 35.8. The summed E-state index contributed by atoms with van der Waals surface area (Å²) >= 11 is 0. The first-order valence-corrected chi connectivity index (χ1v) is 15.4. The second-order valence-electron chi connectivity index (χ2n) is 11.5. The van der Waals surface area contributed by atoms with Crippen LogP contribution in [0.5, 0.6) is 11.5 Å². The number of carbonyl (C=O) groups is 1. The van der Waals surface area contributed by atoms with Gasteiger partial charge in [-0.3, -0.25) is 9.69 Å². The third kappa shape index (κ3) is 7.09. The summed E-state index contributed by atoms with van der Waals surface area (Å²) in [5.74, 6) is 1.58. The highest BCUT2D eigenvalue weighted by molar-refractivity contribution is 5.82. The molecule has 1 amide bonds. The van der Waals surface area contributed by atoms with Crippen molar-refractivity contribution in [1.82, 2.24) is 29.7 Å². The SMILES string of the molecule is C=C[C@H](O)C(=O)N1CC[C@H](Oc2ccc(-c3ncnc(Nc4cnc(N5CCN(C6COC6)CC5)c(OC)c4)n3)cc2C#N)[C@H](F)C1. The number of nitriles is 1. The van der Waals surface area contributed by atoms with Crippen molar-refractivity contribution in [3.63, 3.8) is 0 Å². The van der Waals surface area contributed by atoms with Crippen LogP contribution >= 0.6 is 0 Å². The van der Waals surface area contributed by atoms with E-state index in [1.54, 1.807) is 31.5 Å². The number of pyridine rings is 1. The van der Waals surface area contributed by atoms with E-state index in [1.165, 1.54) is 11.2 Å². The van der Waals surface area contributed by atoms with Gasteiger partial charge in [0.25, 0.3) is 5.91 Å². The molecule has 3 atom stereocenters. The molecule has 3 aromatic rings. The number of carbonyl (C=O) groups excluding carboxylic acids is 1. The van der Waals surface area contributed by atoms with Gasteiger partial charge in [0.1, 0.15) is 24.3 Å². The topological polar surface area (TPSA) is 162 Å². The Kier molecular flexibility index (Phi) is 9.71.